The Morgan fingerprint density at radius 3 is 2.15 bits per heavy atom. The molecule has 1 aromatic heterocycles. The maximum absolute atomic E-state index is 13.1. The van der Waals surface area contributed by atoms with Gasteiger partial charge >= 0.3 is 5.97 Å². The Hall–Kier alpha value is -3.92. The highest BCUT2D eigenvalue weighted by molar-refractivity contribution is 6.00. The zero-order chi connectivity index (χ0) is 23.2. The lowest BCUT2D eigenvalue weighted by atomic mass is 10.0. The van der Waals surface area contributed by atoms with E-state index < -0.39 is 0 Å². The zero-order valence-electron chi connectivity index (χ0n) is 19.2. The molecule has 4 heteroatoms. The standard InChI is InChI=1S/C29H28N2O2/c1-4-33-29(32)27-26(20-17-22-15-18-23(19-16-22)21(2)3)31(25-13-9-6-10-14-25)30-28(27)24-11-7-5-8-12-24/h5-21H,4H2,1-3H3/b20-17+. The highest BCUT2D eigenvalue weighted by atomic mass is 16.5. The molecule has 0 saturated carbocycles. The van der Waals surface area contributed by atoms with E-state index >= 15 is 0 Å². The van der Waals surface area contributed by atoms with Crippen LogP contribution >= 0.6 is 0 Å². The van der Waals surface area contributed by atoms with Crippen molar-refractivity contribution in [3.8, 4) is 16.9 Å². The van der Waals surface area contributed by atoms with E-state index in [4.69, 9.17) is 9.84 Å². The summed E-state index contributed by atoms with van der Waals surface area (Å²) in [5, 5.41) is 4.87. The maximum atomic E-state index is 13.1. The number of nitrogens with zero attached hydrogens (tertiary/aromatic N) is 2. The van der Waals surface area contributed by atoms with Crippen molar-refractivity contribution in [1.82, 2.24) is 9.78 Å². The van der Waals surface area contributed by atoms with Crippen LogP contribution in [0, 0.1) is 0 Å². The van der Waals surface area contributed by atoms with Crippen LogP contribution in [0.2, 0.25) is 0 Å². The summed E-state index contributed by atoms with van der Waals surface area (Å²) in [7, 11) is 0. The van der Waals surface area contributed by atoms with Crippen molar-refractivity contribution in [2.45, 2.75) is 26.7 Å². The third kappa shape index (κ3) is 4.96. The van der Waals surface area contributed by atoms with Gasteiger partial charge in [0.1, 0.15) is 11.3 Å². The van der Waals surface area contributed by atoms with Crippen molar-refractivity contribution in [2.24, 2.45) is 0 Å². The monoisotopic (exact) mass is 436 g/mol. The number of ether oxygens (including phenoxy) is 1. The molecule has 4 nitrogen and oxygen atoms in total. The molecule has 0 fully saturated rings. The van der Waals surface area contributed by atoms with E-state index in [1.807, 2.05) is 84.4 Å². The Kier molecular flexibility index (Phi) is 6.84. The fourth-order valence-corrected chi connectivity index (χ4v) is 3.72. The molecular weight excluding hydrogens is 408 g/mol. The number of hydrogen-bond donors (Lipinski definition) is 0. The molecule has 0 aliphatic heterocycles. The van der Waals surface area contributed by atoms with Gasteiger partial charge in [0.05, 0.1) is 18.0 Å². The van der Waals surface area contributed by atoms with Gasteiger partial charge in [-0.25, -0.2) is 9.48 Å². The van der Waals surface area contributed by atoms with Crippen molar-refractivity contribution in [2.75, 3.05) is 6.61 Å². The predicted octanol–water partition coefficient (Wildman–Crippen LogP) is 7.01. The Morgan fingerprint density at radius 2 is 1.55 bits per heavy atom. The Labute approximate surface area is 195 Å². The number of rotatable bonds is 7. The lowest BCUT2D eigenvalue weighted by Crippen LogP contribution is -2.08. The molecule has 4 aromatic rings. The molecular formula is C29H28N2O2. The topological polar surface area (TPSA) is 44.1 Å². The normalized spacial score (nSPS) is 11.3. The molecule has 166 valence electrons. The van der Waals surface area contributed by atoms with Gasteiger partial charge in [0.2, 0.25) is 0 Å². The molecule has 0 aliphatic rings. The first-order valence-corrected chi connectivity index (χ1v) is 11.3. The summed E-state index contributed by atoms with van der Waals surface area (Å²) in [6.45, 7) is 6.47. The first-order valence-electron chi connectivity index (χ1n) is 11.3. The van der Waals surface area contributed by atoms with Gasteiger partial charge in [-0.15, -0.1) is 0 Å². The predicted molar refractivity (Wildman–Crippen MR) is 134 cm³/mol. The Morgan fingerprint density at radius 1 is 0.909 bits per heavy atom. The molecule has 0 aliphatic carbocycles. The van der Waals surface area contributed by atoms with E-state index in [1.165, 1.54) is 5.56 Å². The molecule has 0 spiro atoms. The summed E-state index contributed by atoms with van der Waals surface area (Å²) in [6.07, 6.45) is 3.96. The summed E-state index contributed by atoms with van der Waals surface area (Å²) in [5.74, 6) is 0.0970. The van der Waals surface area contributed by atoms with Crippen molar-refractivity contribution in [1.29, 1.82) is 0 Å². The molecule has 0 radical (unpaired) electrons. The van der Waals surface area contributed by atoms with Crippen LogP contribution in [0.1, 0.15) is 53.9 Å². The lowest BCUT2D eigenvalue weighted by molar-refractivity contribution is 0.0527. The SMILES string of the molecule is CCOC(=O)c1c(-c2ccccc2)nn(-c2ccccc2)c1/C=C/c1ccc(C(C)C)cc1. The van der Waals surface area contributed by atoms with Crippen molar-refractivity contribution in [3.05, 3.63) is 107 Å². The average molecular weight is 437 g/mol. The van der Waals surface area contributed by atoms with E-state index in [9.17, 15) is 4.79 Å². The van der Waals surface area contributed by atoms with E-state index in [0.29, 0.717) is 29.5 Å². The summed E-state index contributed by atoms with van der Waals surface area (Å²) >= 11 is 0. The van der Waals surface area contributed by atoms with Gasteiger partial charge in [0.15, 0.2) is 0 Å². The van der Waals surface area contributed by atoms with Gasteiger partial charge in [0.25, 0.3) is 0 Å². The van der Waals surface area contributed by atoms with Crippen molar-refractivity contribution >= 4 is 18.1 Å². The second-order valence-corrected chi connectivity index (χ2v) is 8.10. The number of benzene rings is 3. The summed E-state index contributed by atoms with van der Waals surface area (Å²) < 4.78 is 7.26. The number of para-hydroxylation sites is 1. The van der Waals surface area contributed by atoms with Crippen molar-refractivity contribution in [3.63, 3.8) is 0 Å². The number of esters is 1. The molecule has 1 heterocycles. The van der Waals surface area contributed by atoms with Crippen LogP contribution in [0.4, 0.5) is 0 Å². The number of hydrogen-bond acceptors (Lipinski definition) is 3. The third-order valence-corrected chi connectivity index (χ3v) is 5.49. The Bertz CT molecular complexity index is 1240. The first-order chi connectivity index (χ1) is 16.1. The molecule has 33 heavy (non-hydrogen) atoms. The highest BCUT2D eigenvalue weighted by Crippen LogP contribution is 2.30. The van der Waals surface area contributed by atoms with E-state index in [2.05, 4.69) is 38.1 Å². The van der Waals surface area contributed by atoms with E-state index in [0.717, 1.165) is 16.8 Å². The summed E-state index contributed by atoms with van der Waals surface area (Å²) in [6, 6.07) is 28.0. The summed E-state index contributed by atoms with van der Waals surface area (Å²) in [4.78, 5) is 13.1. The molecule has 0 atom stereocenters. The van der Waals surface area contributed by atoms with Gasteiger partial charge in [-0.1, -0.05) is 92.7 Å². The molecule has 3 aromatic carbocycles. The molecule has 0 N–H and O–H groups in total. The third-order valence-electron chi connectivity index (χ3n) is 5.49. The van der Waals surface area contributed by atoms with Gasteiger partial charge in [-0.3, -0.25) is 0 Å². The van der Waals surface area contributed by atoms with Gasteiger partial charge in [-0.2, -0.15) is 5.10 Å². The minimum absolute atomic E-state index is 0.295. The van der Waals surface area contributed by atoms with E-state index in [1.54, 1.807) is 0 Å². The Balaban J connectivity index is 1.88. The average Bonchev–Trinajstić information content (AvgIpc) is 3.24. The fourth-order valence-electron chi connectivity index (χ4n) is 3.72. The number of carbonyl (C=O) groups is 1. The lowest BCUT2D eigenvalue weighted by Gasteiger charge is -2.07. The second kappa shape index (κ2) is 10.1. The van der Waals surface area contributed by atoms with Crippen molar-refractivity contribution < 1.29 is 9.53 Å². The fraction of sp³-hybridized carbons (Fsp3) is 0.172. The van der Waals surface area contributed by atoms with Crippen LogP contribution in [0.15, 0.2) is 84.9 Å². The molecule has 0 saturated heterocycles. The quantitative estimate of drug-likeness (QED) is 0.293. The molecule has 0 amide bonds. The number of carbonyl (C=O) groups excluding carboxylic acids is 1. The first kappa shape index (κ1) is 22.3. The molecule has 0 bridgehead atoms. The maximum Gasteiger partial charge on any atom is 0.342 e. The number of aromatic nitrogens is 2. The van der Waals surface area contributed by atoms with Gasteiger partial charge < -0.3 is 4.74 Å². The van der Waals surface area contributed by atoms with Crippen LogP contribution in [0.25, 0.3) is 29.1 Å². The van der Waals surface area contributed by atoms with Crippen LogP contribution in [-0.4, -0.2) is 22.4 Å². The van der Waals surface area contributed by atoms with Crippen LogP contribution in [-0.2, 0) is 4.74 Å². The van der Waals surface area contributed by atoms with Crippen LogP contribution < -0.4 is 0 Å². The minimum atomic E-state index is -0.381. The molecule has 0 unspecified atom stereocenters. The van der Waals surface area contributed by atoms with Crippen LogP contribution in [0.5, 0.6) is 0 Å². The van der Waals surface area contributed by atoms with E-state index in [-0.39, 0.29) is 5.97 Å². The largest absolute Gasteiger partial charge is 0.462 e. The van der Waals surface area contributed by atoms with Gasteiger partial charge in [0, 0.05) is 5.56 Å². The van der Waals surface area contributed by atoms with Crippen LogP contribution in [0.3, 0.4) is 0 Å². The minimum Gasteiger partial charge on any atom is -0.462 e. The smallest absolute Gasteiger partial charge is 0.342 e. The van der Waals surface area contributed by atoms with Gasteiger partial charge in [-0.05, 0) is 42.2 Å². The highest BCUT2D eigenvalue weighted by Gasteiger charge is 2.25. The zero-order valence-corrected chi connectivity index (χ0v) is 19.2. The second-order valence-electron chi connectivity index (χ2n) is 8.10. The summed E-state index contributed by atoms with van der Waals surface area (Å²) in [5.41, 5.74) is 5.84. The molecule has 4 rings (SSSR count).